The van der Waals surface area contributed by atoms with Crippen LogP contribution in [-0.4, -0.2) is 32.6 Å². The second kappa shape index (κ2) is 7.38. The van der Waals surface area contributed by atoms with Crippen LogP contribution in [0.25, 0.3) is 6.08 Å². The number of anilines is 1. The highest BCUT2D eigenvalue weighted by Gasteiger charge is 1.97. The van der Waals surface area contributed by atoms with Gasteiger partial charge in [0.15, 0.2) is 0 Å². The van der Waals surface area contributed by atoms with E-state index in [1.807, 2.05) is 0 Å². The lowest BCUT2D eigenvalue weighted by Crippen LogP contribution is -2.12. The highest BCUT2D eigenvalue weighted by Crippen LogP contribution is 2.15. The van der Waals surface area contributed by atoms with Crippen molar-refractivity contribution in [3.05, 3.63) is 59.8 Å². The zero-order chi connectivity index (χ0) is 13.0. The number of hydrogen-bond acceptors (Lipinski definition) is 2. The molecule has 19 heavy (non-hydrogen) atoms. The minimum absolute atomic E-state index is 0. The summed E-state index contributed by atoms with van der Waals surface area (Å²) in [6.45, 7) is 0.982. The number of rotatable bonds is 3. The molecule has 102 valence electrons. The average Bonchev–Trinajstić information content (AvgIpc) is 2.38. The fourth-order valence-corrected chi connectivity index (χ4v) is 1.79. The van der Waals surface area contributed by atoms with Crippen molar-refractivity contribution in [1.29, 1.82) is 0 Å². The number of allylic oxidation sites excluding steroid dienone is 3. The molecule has 1 aromatic carbocycles. The molecule has 0 unspecified atom stereocenters. The van der Waals surface area contributed by atoms with Crippen molar-refractivity contribution < 1.29 is 0 Å². The molecule has 0 aromatic heterocycles. The van der Waals surface area contributed by atoms with Gasteiger partial charge in [-0.2, -0.15) is 0 Å². The molecular weight excluding hydrogens is 347 g/mol. The molecule has 2 nitrogen and oxygen atoms in total. The monoisotopic (exact) mass is 368 g/mol. The predicted molar refractivity (Wildman–Crippen MR) is 95.1 cm³/mol. The third-order valence-electron chi connectivity index (χ3n) is 3.01. The van der Waals surface area contributed by atoms with Crippen molar-refractivity contribution in [3.63, 3.8) is 0 Å². The van der Waals surface area contributed by atoms with Crippen molar-refractivity contribution in [2.24, 2.45) is 0 Å². The fraction of sp³-hybridized carbons (Fsp3) is 0.250. The van der Waals surface area contributed by atoms with Crippen LogP contribution in [0.3, 0.4) is 0 Å². The van der Waals surface area contributed by atoms with E-state index in [1.165, 1.54) is 16.8 Å². The fourth-order valence-electron chi connectivity index (χ4n) is 1.79. The van der Waals surface area contributed by atoms with Gasteiger partial charge in [-0.25, -0.2) is 0 Å². The lowest BCUT2D eigenvalue weighted by molar-refractivity contribution is 0.503. The van der Waals surface area contributed by atoms with Gasteiger partial charge in [0.2, 0.25) is 0 Å². The molecule has 0 N–H and O–H groups in total. The second-order valence-corrected chi connectivity index (χ2v) is 4.78. The summed E-state index contributed by atoms with van der Waals surface area (Å²) in [5.41, 5.74) is 3.73. The first kappa shape index (κ1) is 15.8. The Morgan fingerprint density at radius 1 is 1.11 bits per heavy atom. The number of nitrogens with zero attached hydrogens (tertiary/aromatic N) is 2. The van der Waals surface area contributed by atoms with Crippen LogP contribution in [0.2, 0.25) is 0 Å². The number of hydrogen-bond donors (Lipinski definition) is 0. The number of likely N-dealkylation sites (N-methyl/N-ethyl adjacent to an activating group) is 1. The molecule has 2 rings (SSSR count). The molecule has 0 atom stereocenters. The van der Waals surface area contributed by atoms with Crippen molar-refractivity contribution in [3.8, 4) is 0 Å². The Balaban J connectivity index is 0.00000180. The predicted octanol–water partition coefficient (Wildman–Crippen LogP) is 3.77. The Kier molecular flexibility index (Phi) is 6.15. The molecule has 0 saturated carbocycles. The SMILES string of the molecule is CN1C=CC(C=Cc2ccc(N(C)C)cc2)=CC1.I. The number of halogens is 1. The van der Waals surface area contributed by atoms with E-state index in [0.717, 1.165) is 6.54 Å². The van der Waals surface area contributed by atoms with Crippen molar-refractivity contribution in [2.75, 3.05) is 32.6 Å². The molecule has 1 aliphatic heterocycles. The second-order valence-electron chi connectivity index (χ2n) is 4.78. The van der Waals surface area contributed by atoms with Gasteiger partial charge in [-0.15, -0.1) is 24.0 Å². The van der Waals surface area contributed by atoms with Crippen molar-refractivity contribution >= 4 is 35.7 Å². The number of benzene rings is 1. The first-order chi connectivity index (χ1) is 8.65. The smallest absolute Gasteiger partial charge is 0.0361 e. The Morgan fingerprint density at radius 2 is 1.79 bits per heavy atom. The molecule has 0 spiro atoms. The van der Waals surface area contributed by atoms with Crippen LogP contribution in [0.4, 0.5) is 5.69 Å². The van der Waals surface area contributed by atoms with Crippen LogP contribution in [0.5, 0.6) is 0 Å². The Labute approximate surface area is 133 Å². The highest BCUT2D eigenvalue weighted by atomic mass is 127. The lowest BCUT2D eigenvalue weighted by Gasteiger charge is -2.15. The third kappa shape index (κ3) is 4.74. The first-order valence-electron chi connectivity index (χ1n) is 6.19. The summed E-state index contributed by atoms with van der Waals surface area (Å²) in [5.74, 6) is 0. The summed E-state index contributed by atoms with van der Waals surface area (Å²) in [5, 5.41) is 0. The van der Waals surface area contributed by atoms with Gasteiger partial charge in [0, 0.05) is 33.4 Å². The van der Waals surface area contributed by atoms with Gasteiger partial charge in [0.1, 0.15) is 0 Å². The van der Waals surface area contributed by atoms with Gasteiger partial charge in [0.05, 0.1) is 0 Å². The quantitative estimate of drug-likeness (QED) is 0.750. The third-order valence-corrected chi connectivity index (χ3v) is 3.01. The Bertz CT molecular complexity index is 484. The summed E-state index contributed by atoms with van der Waals surface area (Å²) in [4.78, 5) is 4.26. The molecule has 1 aliphatic rings. The maximum Gasteiger partial charge on any atom is 0.0361 e. The molecule has 0 aliphatic carbocycles. The van der Waals surface area contributed by atoms with Crippen LogP contribution in [0, 0.1) is 0 Å². The highest BCUT2D eigenvalue weighted by molar-refractivity contribution is 14.0. The maximum absolute atomic E-state index is 2.23. The van der Waals surface area contributed by atoms with Gasteiger partial charge >= 0.3 is 0 Å². The Morgan fingerprint density at radius 3 is 2.32 bits per heavy atom. The van der Waals surface area contributed by atoms with E-state index in [0.29, 0.717) is 0 Å². The van der Waals surface area contributed by atoms with Gasteiger partial charge in [-0.1, -0.05) is 30.4 Å². The van der Waals surface area contributed by atoms with Crippen LogP contribution in [0.1, 0.15) is 5.56 Å². The lowest BCUT2D eigenvalue weighted by atomic mass is 10.1. The summed E-state index contributed by atoms with van der Waals surface area (Å²) in [6, 6.07) is 8.56. The maximum atomic E-state index is 2.23. The van der Waals surface area contributed by atoms with Crippen molar-refractivity contribution in [1.82, 2.24) is 4.90 Å². The van der Waals surface area contributed by atoms with E-state index < -0.39 is 0 Å². The Hall–Kier alpha value is -1.23. The van der Waals surface area contributed by atoms with E-state index in [4.69, 9.17) is 0 Å². The van der Waals surface area contributed by atoms with Crippen LogP contribution in [0.15, 0.2) is 54.3 Å². The molecular formula is C16H21IN2. The van der Waals surface area contributed by atoms with Crippen LogP contribution < -0.4 is 4.90 Å². The van der Waals surface area contributed by atoms with E-state index in [-0.39, 0.29) is 24.0 Å². The van der Waals surface area contributed by atoms with Crippen LogP contribution >= 0.6 is 24.0 Å². The zero-order valence-electron chi connectivity index (χ0n) is 11.7. The van der Waals surface area contributed by atoms with Crippen LogP contribution in [-0.2, 0) is 0 Å². The van der Waals surface area contributed by atoms with E-state index in [9.17, 15) is 0 Å². The van der Waals surface area contributed by atoms with Gasteiger partial charge < -0.3 is 9.80 Å². The molecule has 1 aromatic rings. The zero-order valence-corrected chi connectivity index (χ0v) is 14.0. The first-order valence-corrected chi connectivity index (χ1v) is 6.19. The topological polar surface area (TPSA) is 6.48 Å². The summed E-state index contributed by atoms with van der Waals surface area (Å²) in [6.07, 6.45) is 10.8. The molecule has 0 saturated heterocycles. The van der Waals surface area contributed by atoms with E-state index in [1.54, 1.807) is 0 Å². The van der Waals surface area contributed by atoms with Crippen molar-refractivity contribution in [2.45, 2.75) is 0 Å². The summed E-state index contributed by atoms with van der Waals surface area (Å²) >= 11 is 0. The minimum atomic E-state index is 0. The van der Waals surface area contributed by atoms with Gasteiger partial charge in [0.25, 0.3) is 0 Å². The normalized spacial score (nSPS) is 14.3. The van der Waals surface area contributed by atoms with E-state index in [2.05, 4.69) is 85.7 Å². The minimum Gasteiger partial charge on any atom is -0.378 e. The molecule has 3 heteroatoms. The largest absolute Gasteiger partial charge is 0.378 e. The molecule has 0 bridgehead atoms. The van der Waals surface area contributed by atoms with E-state index >= 15 is 0 Å². The molecule has 0 fully saturated rings. The molecule has 1 heterocycles. The standard InChI is InChI=1S/C16H20N2.HI/c1-17(2)16-8-6-14(7-9-16)4-5-15-10-12-18(3)13-11-15;/h4-12H,13H2,1-3H3;1H. The average molecular weight is 368 g/mol. The summed E-state index contributed by atoms with van der Waals surface area (Å²) in [7, 11) is 6.19. The van der Waals surface area contributed by atoms with Gasteiger partial charge in [-0.05, 0) is 35.5 Å². The van der Waals surface area contributed by atoms with Gasteiger partial charge in [-0.3, -0.25) is 0 Å². The summed E-state index contributed by atoms with van der Waals surface area (Å²) < 4.78 is 0. The molecule has 0 radical (unpaired) electrons. The molecule has 0 amide bonds.